The van der Waals surface area contributed by atoms with E-state index in [2.05, 4.69) is 0 Å². The van der Waals surface area contributed by atoms with Crippen LogP contribution in [0.25, 0.3) is 0 Å². The average molecular weight is 311 g/mol. The number of benzene rings is 1. The van der Waals surface area contributed by atoms with Crippen LogP contribution >= 0.6 is 0 Å². The van der Waals surface area contributed by atoms with E-state index in [1.54, 1.807) is 0 Å². The van der Waals surface area contributed by atoms with Crippen molar-refractivity contribution >= 4 is 10.0 Å². The van der Waals surface area contributed by atoms with Gasteiger partial charge in [0.15, 0.2) is 0 Å². The Morgan fingerprint density at radius 3 is 2.10 bits per heavy atom. The van der Waals surface area contributed by atoms with Crippen LogP contribution in [0.2, 0.25) is 0 Å². The highest BCUT2D eigenvalue weighted by Gasteiger charge is 2.41. The molecule has 0 bridgehead atoms. The van der Waals surface area contributed by atoms with Crippen molar-refractivity contribution in [3.05, 3.63) is 29.8 Å². The predicted molar refractivity (Wildman–Crippen MR) is 69.0 cm³/mol. The van der Waals surface area contributed by atoms with E-state index in [1.807, 2.05) is 4.72 Å². The molecule has 0 aliphatic rings. The quantitative estimate of drug-likeness (QED) is 0.877. The SMILES string of the molecule is CC(C)S(=O)(=O)NCC(c1ccc(O)cc1)C(F)(F)F. The van der Waals surface area contributed by atoms with Crippen molar-refractivity contribution in [2.45, 2.75) is 31.2 Å². The summed E-state index contributed by atoms with van der Waals surface area (Å²) in [6.45, 7) is 1.99. The zero-order valence-electron chi connectivity index (χ0n) is 11.0. The van der Waals surface area contributed by atoms with Gasteiger partial charge in [-0.05, 0) is 31.5 Å². The number of nitrogens with one attached hydrogen (secondary N) is 1. The molecule has 1 aromatic rings. The summed E-state index contributed by atoms with van der Waals surface area (Å²) >= 11 is 0. The lowest BCUT2D eigenvalue weighted by Crippen LogP contribution is -2.38. The van der Waals surface area contributed by atoms with Crippen molar-refractivity contribution in [2.75, 3.05) is 6.54 Å². The third-order valence-electron chi connectivity index (χ3n) is 2.80. The van der Waals surface area contributed by atoms with Crippen LogP contribution in [-0.2, 0) is 10.0 Å². The van der Waals surface area contributed by atoms with Gasteiger partial charge in [0.1, 0.15) is 5.75 Å². The summed E-state index contributed by atoms with van der Waals surface area (Å²) < 4.78 is 64.0. The van der Waals surface area contributed by atoms with Crippen molar-refractivity contribution < 1.29 is 26.7 Å². The molecule has 0 aliphatic heterocycles. The number of halogens is 3. The van der Waals surface area contributed by atoms with E-state index in [9.17, 15) is 21.6 Å². The maximum Gasteiger partial charge on any atom is 0.396 e. The van der Waals surface area contributed by atoms with Gasteiger partial charge in [0.2, 0.25) is 10.0 Å². The van der Waals surface area contributed by atoms with Gasteiger partial charge in [-0.1, -0.05) is 12.1 Å². The highest BCUT2D eigenvalue weighted by atomic mass is 32.2. The molecule has 1 atom stereocenters. The lowest BCUT2D eigenvalue weighted by atomic mass is 9.99. The molecule has 0 aliphatic carbocycles. The lowest BCUT2D eigenvalue weighted by molar-refractivity contribution is -0.148. The van der Waals surface area contributed by atoms with Crippen LogP contribution in [0.5, 0.6) is 5.75 Å². The monoisotopic (exact) mass is 311 g/mol. The number of hydrogen-bond acceptors (Lipinski definition) is 3. The van der Waals surface area contributed by atoms with Crippen molar-refractivity contribution in [1.29, 1.82) is 0 Å². The summed E-state index contributed by atoms with van der Waals surface area (Å²) in [5.74, 6) is -2.12. The fourth-order valence-corrected chi connectivity index (χ4v) is 2.23. The van der Waals surface area contributed by atoms with E-state index >= 15 is 0 Å². The van der Waals surface area contributed by atoms with E-state index in [-0.39, 0.29) is 11.3 Å². The van der Waals surface area contributed by atoms with E-state index in [0.29, 0.717) is 0 Å². The number of phenolic OH excluding ortho intramolecular Hbond substituents is 1. The van der Waals surface area contributed by atoms with Gasteiger partial charge in [-0.2, -0.15) is 13.2 Å². The first-order valence-electron chi connectivity index (χ1n) is 5.88. The highest BCUT2D eigenvalue weighted by Crippen LogP contribution is 2.35. The summed E-state index contributed by atoms with van der Waals surface area (Å²) in [4.78, 5) is 0. The molecule has 8 heteroatoms. The third kappa shape index (κ3) is 4.38. The Kier molecular flexibility index (Phi) is 5.04. The van der Waals surface area contributed by atoms with Crippen molar-refractivity contribution in [1.82, 2.24) is 4.72 Å². The molecule has 2 N–H and O–H groups in total. The number of phenols is 1. The van der Waals surface area contributed by atoms with Gasteiger partial charge >= 0.3 is 6.18 Å². The standard InChI is InChI=1S/C12H16F3NO3S/c1-8(2)20(18,19)16-7-11(12(13,14)15)9-3-5-10(17)6-4-9/h3-6,8,11,16-17H,7H2,1-2H3. The van der Waals surface area contributed by atoms with Crippen molar-refractivity contribution in [3.8, 4) is 5.75 Å². The molecule has 0 aromatic heterocycles. The third-order valence-corrected chi connectivity index (χ3v) is 4.61. The molecule has 0 fully saturated rings. The van der Waals surface area contributed by atoms with Gasteiger partial charge in [0.25, 0.3) is 0 Å². The average Bonchev–Trinajstić information content (AvgIpc) is 2.29. The number of hydrogen-bond donors (Lipinski definition) is 2. The van der Waals surface area contributed by atoms with Gasteiger partial charge in [0.05, 0.1) is 11.2 Å². The molecule has 0 saturated carbocycles. The molecule has 4 nitrogen and oxygen atoms in total. The Morgan fingerprint density at radius 2 is 1.70 bits per heavy atom. The molecule has 0 amide bonds. The van der Waals surface area contributed by atoms with Crippen molar-refractivity contribution in [3.63, 3.8) is 0 Å². The van der Waals surface area contributed by atoms with Crippen LogP contribution in [0.1, 0.15) is 25.3 Å². The van der Waals surface area contributed by atoms with Crippen LogP contribution in [0.3, 0.4) is 0 Å². The molecule has 1 unspecified atom stereocenters. The topological polar surface area (TPSA) is 66.4 Å². The van der Waals surface area contributed by atoms with E-state index < -0.39 is 33.9 Å². The maximum atomic E-state index is 13.0. The summed E-state index contributed by atoms with van der Waals surface area (Å²) in [5, 5.41) is 8.27. The zero-order valence-corrected chi connectivity index (χ0v) is 11.8. The van der Waals surface area contributed by atoms with Crippen LogP contribution in [0, 0.1) is 0 Å². The van der Waals surface area contributed by atoms with Crippen LogP contribution in [-0.4, -0.2) is 31.5 Å². The second-order valence-corrected chi connectivity index (χ2v) is 6.95. The Morgan fingerprint density at radius 1 is 1.20 bits per heavy atom. The Bertz CT molecular complexity index is 538. The fraction of sp³-hybridized carbons (Fsp3) is 0.500. The van der Waals surface area contributed by atoms with Crippen LogP contribution in [0.4, 0.5) is 13.2 Å². The smallest absolute Gasteiger partial charge is 0.396 e. The molecular weight excluding hydrogens is 295 g/mol. The zero-order chi connectivity index (χ0) is 15.6. The van der Waals surface area contributed by atoms with E-state index in [0.717, 1.165) is 24.3 Å². The normalized spacial score (nSPS) is 14.5. The van der Waals surface area contributed by atoms with Crippen molar-refractivity contribution in [2.24, 2.45) is 0 Å². The van der Waals surface area contributed by atoms with Gasteiger partial charge < -0.3 is 5.11 Å². The number of sulfonamides is 1. The molecule has 114 valence electrons. The summed E-state index contributed by atoms with van der Waals surface area (Å²) in [5.41, 5.74) is -0.109. The van der Waals surface area contributed by atoms with Crippen LogP contribution < -0.4 is 4.72 Å². The molecule has 0 saturated heterocycles. The second kappa shape index (κ2) is 6.01. The Balaban J connectivity index is 2.96. The maximum absolute atomic E-state index is 13.0. The molecule has 1 rings (SSSR count). The summed E-state index contributed by atoms with van der Waals surface area (Å²) in [6, 6.07) is 4.50. The Labute approximate surface area is 115 Å². The van der Waals surface area contributed by atoms with E-state index in [1.165, 1.54) is 13.8 Å². The van der Waals surface area contributed by atoms with Gasteiger partial charge in [-0.25, -0.2) is 13.1 Å². The number of alkyl halides is 3. The molecule has 0 spiro atoms. The highest BCUT2D eigenvalue weighted by molar-refractivity contribution is 7.90. The second-order valence-electron chi connectivity index (χ2n) is 4.63. The molecule has 20 heavy (non-hydrogen) atoms. The molecule has 0 heterocycles. The lowest BCUT2D eigenvalue weighted by Gasteiger charge is -2.21. The summed E-state index contributed by atoms with van der Waals surface area (Å²) in [7, 11) is -3.77. The molecule has 0 radical (unpaired) electrons. The van der Waals surface area contributed by atoms with Gasteiger partial charge in [-0.3, -0.25) is 0 Å². The minimum absolute atomic E-state index is 0.109. The predicted octanol–water partition coefficient (Wildman–Crippen LogP) is 2.37. The minimum Gasteiger partial charge on any atom is -0.508 e. The van der Waals surface area contributed by atoms with Gasteiger partial charge in [-0.15, -0.1) is 0 Å². The van der Waals surface area contributed by atoms with E-state index in [4.69, 9.17) is 5.11 Å². The minimum atomic E-state index is -4.59. The molecule has 1 aromatic carbocycles. The first kappa shape index (κ1) is 16.8. The summed E-state index contributed by atoms with van der Waals surface area (Å²) in [6.07, 6.45) is -4.59. The molecular formula is C12H16F3NO3S. The fourth-order valence-electron chi connectivity index (χ4n) is 1.50. The first-order valence-corrected chi connectivity index (χ1v) is 7.43. The number of aromatic hydroxyl groups is 1. The Hall–Kier alpha value is -1.28. The first-order chi connectivity index (χ1) is 9.04. The largest absolute Gasteiger partial charge is 0.508 e. The van der Waals surface area contributed by atoms with Gasteiger partial charge in [0, 0.05) is 6.54 Å². The number of rotatable bonds is 5. The van der Waals surface area contributed by atoms with Crippen LogP contribution in [0.15, 0.2) is 24.3 Å².